The van der Waals surface area contributed by atoms with Crippen molar-refractivity contribution >= 4 is 0 Å². The van der Waals surface area contributed by atoms with Crippen molar-refractivity contribution in [3.63, 3.8) is 0 Å². The Kier molecular flexibility index (Phi) is 5.38. The molecule has 0 aromatic rings. The van der Waals surface area contributed by atoms with Crippen LogP contribution >= 0.6 is 0 Å². The number of aliphatic hydroxyl groups excluding tert-OH is 1. The minimum atomic E-state index is 0.195. The normalized spacial score (nSPS) is 23.1. The number of rotatable bonds is 5. The number of allylic oxidation sites excluding steroid dienone is 1. The molecule has 0 aromatic carbocycles. The van der Waals surface area contributed by atoms with Crippen molar-refractivity contribution < 1.29 is 5.11 Å². The molecule has 0 amide bonds. The predicted molar refractivity (Wildman–Crippen MR) is 65.8 cm³/mol. The minimum Gasteiger partial charge on any atom is -0.392 e. The maximum atomic E-state index is 8.94. The monoisotopic (exact) mass is 210 g/mol. The van der Waals surface area contributed by atoms with Crippen LogP contribution in [0.1, 0.15) is 58.8 Å². The van der Waals surface area contributed by atoms with E-state index in [-0.39, 0.29) is 6.61 Å². The molecule has 1 aliphatic rings. The lowest BCUT2D eigenvalue weighted by molar-refractivity contribution is 0.158. The van der Waals surface area contributed by atoms with Gasteiger partial charge in [0.15, 0.2) is 0 Å². The first-order valence-corrected chi connectivity index (χ1v) is 6.53. The molecule has 1 unspecified atom stereocenters. The van der Waals surface area contributed by atoms with Gasteiger partial charge in [-0.15, -0.1) is 0 Å². The topological polar surface area (TPSA) is 20.2 Å². The van der Waals surface area contributed by atoms with Crippen LogP contribution in [0.3, 0.4) is 0 Å². The first kappa shape index (κ1) is 12.8. The summed E-state index contributed by atoms with van der Waals surface area (Å²) in [6.45, 7) is 4.85. The van der Waals surface area contributed by atoms with Crippen LogP contribution in [0.15, 0.2) is 12.2 Å². The summed E-state index contributed by atoms with van der Waals surface area (Å²) >= 11 is 0. The highest BCUT2D eigenvalue weighted by Gasteiger charge is 2.34. The van der Waals surface area contributed by atoms with Gasteiger partial charge in [-0.3, -0.25) is 0 Å². The van der Waals surface area contributed by atoms with Gasteiger partial charge in [0.25, 0.3) is 0 Å². The Hall–Kier alpha value is -0.300. The molecule has 0 aromatic heterocycles. The van der Waals surface area contributed by atoms with E-state index < -0.39 is 0 Å². The molecule has 1 rings (SSSR count). The SMILES string of the molecule is CCCC(C)C1(/C=C/CO)CCCCC1. The second kappa shape index (κ2) is 6.32. The average molecular weight is 210 g/mol. The lowest BCUT2D eigenvalue weighted by Gasteiger charge is -2.40. The van der Waals surface area contributed by atoms with Crippen molar-refractivity contribution in [3.8, 4) is 0 Å². The van der Waals surface area contributed by atoms with Crippen LogP contribution in [0.5, 0.6) is 0 Å². The van der Waals surface area contributed by atoms with Crippen LogP contribution in [0, 0.1) is 11.3 Å². The molecule has 0 bridgehead atoms. The fourth-order valence-electron chi connectivity index (χ4n) is 3.04. The summed E-state index contributed by atoms with van der Waals surface area (Å²) in [6.07, 6.45) is 13.6. The van der Waals surface area contributed by atoms with Crippen molar-refractivity contribution in [2.24, 2.45) is 11.3 Å². The first-order valence-electron chi connectivity index (χ1n) is 6.53. The van der Waals surface area contributed by atoms with E-state index in [0.717, 1.165) is 5.92 Å². The lowest BCUT2D eigenvalue weighted by Crippen LogP contribution is -2.29. The highest BCUT2D eigenvalue weighted by atomic mass is 16.2. The highest BCUT2D eigenvalue weighted by molar-refractivity contribution is 5.03. The maximum absolute atomic E-state index is 8.94. The predicted octanol–water partition coefficient (Wildman–Crippen LogP) is 3.92. The molecular weight excluding hydrogens is 184 g/mol. The van der Waals surface area contributed by atoms with E-state index in [4.69, 9.17) is 5.11 Å². The molecule has 0 aliphatic heterocycles. The summed E-state index contributed by atoms with van der Waals surface area (Å²) < 4.78 is 0. The quantitative estimate of drug-likeness (QED) is 0.682. The molecule has 15 heavy (non-hydrogen) atoms. The number of hydrogen-bond donors (Lipinski definition) is 1. The van der Waals surface area contributed by atoms with Gasteiger partial charge in [0.1, 0.15) is 0 Å². The largest absolute Gasteiger partial charge is 0.392 e. The van der Waals surface area contributed by atoms with Gasteiger partial charge in [0, 0.05) is 0 Å². The zero-order valence-electron chi connectivity index (χ0n) is 10.3. The molecule has 0 saturated heterocycles. The number of aliphatic hydroxyl groups is 1. The molecule has 1 heteroatoms. The molecule has 1 atom stereocenters. The molecule has 1 fully saturated rings. The van der Waals surface area contributed by atoms with Gasteiger partial charge < -0.3 is 5.11 Å². The van der Waals surface area contributed by atoms with Gasteiger partial charge in [-0.05, 0) is 24.2 Å². The molecule has 1 aliphatic carbocycles. The molecule has 1 N–H and O–H groups in total. The van der Waals surface area contributed by atoms with Gasteiger partial charge in [-0.2, -0.15) is 0 Å². The molecular formula is C14H26O. The second-order valence-corrected chi connectivity index (χ2v) is 5.07. The van der Waals surface area contributed by atoms with Crippen molar-refractivity contribution in [2.75, 3.05) is 6.61 Å². The van der Waals surface area contributed by atoms with Gasteiger partial charge in [-0.1, -0.05) is 58.1 Å². The highest BCUT2D eigenvalue weighted by Crippen LogP contribution is 2.45. The van der Waals surface area contributed by atoms with E-state index in [1.807, 2.05) is 6.08 Å². The smallest absolute Gasteiger partial charge is 0.0612 e. The molecule has 0 radical (unpaired) electrons. The molecule has 1 saturated carbocycles. The fourth-order valence-corrected chi connectivity index (χ4v) is 3.04. The van der Waals surface area contributed by atoms with Crippen LogP contribution < -0.4 is 0 Å². The van der Waals surface area contributed by atoms with Crippen molar-refractivity contribution in [2.45, 2.75) is 58.8 Å². The van der Waals surface area contributed by atoms with Crippen LogP contribution in [-0.4, -0.2) is 11.7 Å². The van der Waals surface area contributed by atoms with Gasteiger partial charge in [-0.25, -0.2) is 0 Å². The van der Waals surface area contributed by atoms with E-state index in [9.17, 15) is 0 Å². The molecule has 1 nitrogen and oxygen atoms in total. The lowest BCUT2D eigenvalue weighted by atomic mass is 9.65. The standard InChI is InChI=1S/C14H26O/c1-3-8-13(2)14(11-7-12-15)9-5-4-6-10-14/h7,11,13,15H,3-6,8-10,12H2,1-2H3/b11-7+. The summed E-state index contributed by atoms with van der Waals surface area (Å²) in [5, 5.41) is 8.94. The number of hydrogen-bond acceptors (Lipinski definition) is 1. The minimum absolute atomic E-state index is 0.195. The Bertz CT molecular complexity index is 190. The van der Waals surface area contributed by atoms with Crippen molar-refractivity contribution in [3.05, 3.63) is 12.2 Å². The Morgan fingerprint density at radius 3 is 2.47 bits per heavy atom. The van der Waals surface area contributed by atoms with E-state index in [0.29, 0.717) is 5.41 Å². The molecule has 88 valence electrons. The second-order valence-electron chi connectivity index (χ2n) is 5.07. The Labute approximate surface area is 94.6 Å². The Balaban J connectivity index is 2.69. The van der Waals surface area contributed by atoms with Crippen LogP contribution in [0.4, 0.5) is 0 Å². The third-order valence-electron chi connectivity index (χ3n) is 4.04. The summed E-state index contributed by atoms with van der Waals surface area (Å²) in [6, 6.07) is 0. The van der Waals surface area contributed by atoms with Crippen LogP contribution in [0.25, 0.3) is 0 Å². The summed E-state index contributed by atoms with van der Waals surface area (Å²) in [4.78, 5) is 0. The fraction of sp³-hybridized carbons (Fsp3) is 0.857. The van der Waals surface area contributed by atoms with E-state index in [2.05, 4.69) is 19.9 Å². The summed E-state index contributed by atoms with van der Waals surface area (Å²) in [7, 11) is 0. The Morgan fingerprint density at radius 2 is 1.93 bits per heavy atom. The third kappa shape index (κ3) is 3.34. The molecule has 0 spiro atoms. The van der Waals surface area contributed by atoms with Crippen molar-refractivity contribution in [1.29, 1.82) is 0 Å². The van der Waals surface area contributed by atoms with Gasteiger partial charge in [0.05, 0.1) is 6.61 Å². The maximum Gasteiger partial charge on any atom is 0.0612 e. The third-order valence-corrected chi connectivity index (χ3v) is 4.04. The first-order chi connectivity index (χ1) is 7.25. The zero-order chi connectivity index (χ0) is 11.1. The van der Waals surface area contributed by atoms with Gasteiger partial charge >= 0.3 is 0 Å². The Morgan fingerprint density at radius 1 is 1.27 bits per heavy atom. The molecule has 0 heterocycles. The van der Waals surface area contributed by atoms with Crippen LogP contribution in [0.2, 0.25) is 0 Å². The van der Waals surface area contributed by atoms with Crippen molar-refractivity contribution in [1.82, 2.24) is 0 Å². The van der Waals surface area contributed by atoms with E-state index >= 15 is 0 Å². The van der Waals surface area contributed by atoms with E-state index in [1.165, 1.54) is 44.9 Å². The van der Waals surface area contributed by atoms with Gasteiger partial charge in [0.2, 0.25) is 0 Å². The van der Waals surface area contributed by atoms with E-state index in [1.54, 1.807) is 0 Å². The van der Waals surface area contributed by atoms with Crippen LogP contribution in [-0.2, 0) is 0 Å². The summed E-state index contributed by atoms with van der Waals surface area (Å²) in [5.41, 5.74) is 0.400. The summed E-state index contributed by atoms with van der Waals surface area (Å²) in [5.74, 6) is 0.769. The zero-order valence-corrected chi connectivity index (χ0v) is 10.3. The average Bonchev–Trinajstić information content (AvgIpc) is 2.28.